The van der Waals surface area contributed by atoms with E-state index in [0.717, 1.165) is 22.0 Å². The van der Waals surface area contributed by atoms with Gasteiger partial charge in [-0.3, -0.25) is 19.4 Å². The van der Waals surface area contributed by atoms with Gasteiger partial charge in [-0.05, 0) is 43.4 Å². The molecular formula is C29H38N8O5. The lowest BCUT2D eigenvalue weighted by Gasteiger charge is -2.23. The molecule has 1 heterocycles. The Morgan fingerprint density at radius 3 is 2.24 bits per heavy atom. The van der Waals surface area contributed by atoms with Crippen LogP contribution in [0, 0.1) is 0 Å². The van der Waals surface area contributed by atoms with Crippen LogP contribution in [0.2, 0.25) is 0 Å². The number of carboxylic acid groups (broad SMARTS) is 1. The van der Waals surface area contributed by atoms with Gasteiger partial charge in [0.2, 0.25) is 17.7 Å². The molecule has 4 unspecified atom stereocenters. The van der Waals surface area contributed by atoms with E-state index >= 15 is 0 Å². The Morgan fingerprint density at radius 1 is 0.881 bits per heavy atom. The average Bonchev–Trinajstić information content (AvgIpc) is 3.36. The van der Waals surface area contributed by atoms with Crippen LogP contribution in [0.3, 0.4) is 0 Å². The van der Waals surface area contributed by atoms with Gasteiger partial charge >= 0.3 is 5.97 Å². The van der Waals surface area contributed by atoms with E-state index in [0.29, 0.717) is 6.42 Å². The van der Waals surface area contributed by atoms with Gasteiger partial charge in [0.25, 0.3) is 0 Å². The van der Waals surface area contributed by atoms with E-state index in [4.69, 9.17) is 17.2 Å². The number of guanidine groups is 1. The number of nitrogens with one attached hydrogen (secondary N) is 4. The van der Waals surface area contributed by atoms with E-state index in [-0.39, 0.29) is 31.8 Å². The maximum absolute atomic E-state index is 13.2. The number of amides is 3. The second-order valence-corrected chi connectivity index (χ2v) is 10.00. The predicted molar refractivity (Wildman–Crippen MR) is 159 cm³/mol. The van der Waals surface area contributed by atoms with Gasteiger partial charge < -0.3 is 43.2 Å². The summed E-state index contributed by atoms with van der Waals surface area (Å²) in [6.07, 6.45) is 2.61. The minimum atomic E-state index is -1.21. The molecular weight excluding hydrogens is 540 g/mol. The molecule has 0 saturated heterocycles. The van der Waals surface area contributed by atoms with Crippen LogP contribution in [0.4, 0.5) is 0 Å². The molecule has 0 aliphatic carbocycles. The summed E-state index contributed by atoms with van der Waals surface area (Å²) < 4.78 is 0. The molecule has 3 amide bonds. The molecule has 0 radical (unpaired) electrons. The summed E-state index contributed by atoms with van der Waals surface area (Å²) in [5.74, 6) is -3.18. The average molecular weight is 579 g/mol. The summed E-state index contributed by atoms with van der Waals surface area (Å²) in [4.78, 5) is 57.9. The Hall–Kier alpha value is -4.91. The van der Waals surface area contributed by atoms with Crippen molar-refractivity contribution in [3.8, 4) is 0 Å². The molecule has 0 aliphatic heterocycles. The molecule has 4 atom stereocenters. The number of hydrogen-bond acceptors (Lipinski definition) is 6. The van der Waals surface area contributed by atoms with Crippen LogP contribution in [0.5, 0.6) is 0 Å². The van der Waals surface area contributed by atoms with Gasteiger partial charge in [0, 0.05) is 30.1 Å². The van der Waals surface area contributed by atoms with Gasteiger partial charge in [-0.25, -0.2) is 4.79 Å². The highest BCUT2D eigenvalue weighted by Crippen LogP contribution is 2.19. The standard InChI is InChI=1S/C29H38N8O5/c1-17(25(38)37-24(28(41)42)14-18-8-3-2-4-9-18)35-27(40)23(12-7-13-33-29(31)32)36-26(39)21(30)15-19-16-34-22-11-6-5-10-20(19)22/h2-6,8-11,16-17,21,23-24,34H,7,12-15,30H2,1H3,(H,35,40)(H,36,39)(H,37,38)(H,41,42)(H4,31,32,33). The van der Waals surface area contributed by atoms with Crippen LogP contribution in [0.15, 0.2) is 65.8 Å². The summed E-state index contributed by atoms with van der Waals surface area (Å²) >= 11 is 0. The Balaban J connectivity index is 1.63. The van der Waals surface area contributed by atoms with Crippen LogP contribution in [-0.2, 0) is 32.0 Å². The fourth-order valence-electron chi connectivity index (χ4n) is 4.41. The van der Waals surface area contributed by atoms with E-state index in [2.05, 4.69) is 25.9 Å². The Morgan fingerprint density at radius 2 is 1.55 bits per heavy atom. The number of fused-ring (bicyclic) bond motifs is 1. The lowest BCUT2D eigenvalue weighted by atomic mass is 10.0. The van der Waals surface area contributed by atoms with Crippen LogP contribution in [0.25, 0.3) is 10.9 Å². The first-order valence-electron chi connectivity index (χ1n) is 13.6. The van der Waals surface area contributed by atoms with Crippen molar-refractivity contribution in [2.24, 2.45) is 22.2 Å². The number of carboxylic acids is 1. The number of para-hydroxylation sites is 1. The van der Waals surface area contributed by atoms with Crippen LogP contribution >= 0.6 is 0 Å². The Bertz CT molecular complexity index is 1400. The van der Waals surface area contributed by atoms with Crippen molar-refractivity contribution in [2.45, 2.75) is 56.8 Å². The zero-order valence-electron chi connectivity index (χ0n) is 23.4. The highest BCUT2D eigenvalue weighted by Gasteiger charge is 2.28. The number of aliphatic carboxylic acids is 1. The topological polar surface area (TPSA) is 231 Å². The summed E-state index contributed by atoms with van der Waals surface area (Å²) in [7, 11) is 0. The number of rotatable bonds is 15. The molecule has 0 aliphatic rings. The molecule has 1 aromatic heterocycles. The summed E-state index contributed by atoms with van der Waals surface area (Å²) in [6.45, 7) is 1.65. The van der Waals surface area contributed by atoms with Crippen LogP contribution in [0.1, 0.15) is 30.9 Å². The number of carbonyl (C=O) groups excluding carboxylic acids is 3. The molecule has 3 aromatic rings. The van der Waals surface area contributed by atoms with Gasteiger partial charge in [-0.2, -0.15) is 0 Å². The zero-order chi connectivity index (χ0) is 30.6. The smallest absolute Gasteiger partial charge is 0.326 e. The minimum Gasteiger partial charge on any atom is -0.480 e. The molecule has 224 valence electrons. The number of aliphatic imine (C=N–C) groups is 1. The molecule has 0 saturated carbocycles. The number of aromatic amines is 1. The van der Waals surface area contributed by atoms with Crippen molar-refractivity contribution in [1.29, 1.82) is 0 Å². The number of nitrogens with zero attached hydrogens (tertiary/aromatic N) is 1. The maximum Gasteiger partial charge on any atom is 0.326 e. The SMILES string of the molecule is CC(NC(=O)C(CCCN=C(N)N)NC(=O)C(N)Cc1c[nH]c2ccccc12)C(=O)NC(Cc1ccccc1)C(=O)O. The zero-order valence-corrected chi connectivity index (χ0v) is 23.4. The third kappa shape index (κ3) is 9.34. The van der Waals surface area contributed by atoms with Gasteiger partial charge in [0.1, 0.15) is 18.1 Å². The van der Waals surface area contributed by atoms with Crippen LogP contribution in [-0.4, -0.2) is 70.5 Å². The molecule has 42 heavy (non-hydrogen) atoms. The largest absolute Gasteiger partial charge is 0.480 e. The number of carbonyl (C=O) groups is 4. The summed E-state index contributed by atoms with van der Waals surface area (Å²) in [5, 5.41) is 18.3. The first kappa shape index (κ1) is 31.6. The van der Waals surface area contributed by atoms with E-state index < -0.39 is 47.9 Å². The fraction of sp³-hybridized carbons (Fsp3) is 0.345. The number of aromatic nitrogens is 1. The van der Waals surface area contributed by atoms with E-state index in [1.165, 1.54) is 6.92 Å². The third-order valence-electron chi connectivity index (χ3n) is 6.68. The highest BCUT2D eigenvalue weighted by molar-refractivity contribution is 5.94. The van der Waals surface area contributed by atoms with E-state index in [1.54, 1.807) is 36.5 Å². The van der Waals surface area contributed by atoms with Crippen molar-refractivity contribution in [3.63, 3.8) is 0 Å². The van der Waals surface area contributed by atoms with Crippen molar-refractivity contribution in [3.05, 3.63) is 71.9 Å². The van der Waals surface area contributed by atoms with E-state index in [9.17, 15) is 24.3 Å². The molecule has 13 nitrogen and oxygen atoms in total. The normalized spacial score (nSPS) is 13.8. The second kappa shape index (κ2) is 15.2. The van der Waals surface area contributed by atoms with Crippen molar-refractivity contribution < 1.29 is 24.3 Å². The van der Waals surface area contributed by atoms with Gasteiger partial charge in [0.05, 0.1) is 6.04 Å². The number of H-pyrrole nitrogens is 1. The monoisotopic (exact) mass is 578 g/mol. The van der Waals surface area contributed by atoms with Gasteiger partial charge in [0.15, 0.2) is 5.96 Å². The molecule has 3 rings (SSSR count). The maximum atomic E-state index is 13.2. The lowest BCUT2D eigenvalue weighted by molar-refractivity contribution is -0.142. The first-order chi connectivity index (χ1) is 20.0. The van der Waals surface area contributed by atoms with E-state index in [1.807, 2.05) is 24.3 Å². The molecule has 0 spiro atoms. The second-order valence-electron chi connectivity index (χ2n) is 10.00. The van der Waals surface area contributed by atoms with Crippen molar-refractivity contribution in [1.82, 2.24) is 20.9 Å². The van der Waals surface area contributed by atoms with Crippen molar-refractivity contribution in [2.75, 3.05) is 6.54 Å². The predicted octanol–water partition coefficient (Wildman–Crippen LogP) is -0.107. The quantitative estimate of drug-likeness (QED) is 0.0687. The fourth-order valence-corrected chi connectivity index (χ4v) is 4.41. The van der Waals surface area contributed by atoms with Crippen molar-refractivity contribution >= 4 is 40.6 Å². The molecule has 0 bridgehead atoms. The number of hydrogen-bond donors (Lipinski definition) is 8. The molecule has 13 heteroatoms. The number of nitrogens with two attached hydrogens (primary N) is 3. The lowest BCUT2D eigenvalue weighted by Crippen LogP contribution is -2.56. The molecule has 2 aromatic carbocycles. The minimum absolute atomic E-state index is 0.0698. The third-order valence-corrected chi connectivity index (χ3v) is 6.68. The number of benzene rings is 2. The Kier molecular flexibility index (Phi) is 11.4. The van der Waals surface area contributed by atoms with Gasteiger partial charge in [-0.1, -0.05) is 48.5 Å². The molecule has 0 fully saturated rings. The van der Waals surface area contributed by atoms with Crippen LogP contribution < -0.4 is 33.2 Å². The summed E-state index contributed by atoms with van der Waals surface area (Å²) in [6, 6.07) is 12.2. The van der Waals surface area contributed by atoms with Gasteiger partial charge in [-0.15, -0.1) is 0 Å². The first-order valence-corrected chi connectivity index (χ1v) is 13.6. The molecule has 11 N–H and O–H groups in total. The Labute approximate surface area is 243 Å². The summed E-state index contributed by atoms with van der Waals surface area (Å²) in [5.41, 5.74) is 19.5. The highest BCUT2D eigenvalue weighted by atomic mass is 16.4.